The van der Waals surface area contributed by atoms with E-state index in [0.717, 1.165) is 5.56 Å². The summed E-state index contributed by atoms with van der Waals surface area (Å²) in [5, 5.41) is 8.45. The fraction of sp³-hybridized carbons (Fsp3) is 0.375. The van der Waals surface area contributed by atoms with Crippen molar-refractivity contribution in [1.29, 1.82) is 0 Å². The summed E-state index contributed by atoms with van der Waals surface area (Å²) < 4.78 is 15.2. The van der Waals surface area contributed by atoms with Gasteiger partial charge in [-0.2, -0.15) is 0 Å². The predicted octanol–water partition coefficient (Wildman–Crippen LogP) is -0.439. The predicted molar refractivity (Wildman–Crippen MR) is 88.8 cm³/mol. The van der Waals surface area contributed by atoms with Gasteiger partial charge in [-0.1, -0.05) is 5.16 Å². The molecule has 2 amide bonds. The van der Waals surface area contributed by atoms with E-state index in [9.17, 15) is 14.4 Å². The van der Waals surface area contributed by atoms with Crippen LogP contribution >= 0.6 is 0 Å². The lowest BCUT2D eigenvalue weighted by Gasteiger charge is -2.06. The fourth-order valence-electron chi connectivity index (χ4n) is 1.86. The molecule has 0 bridgehead atoms. The molecule has 10 heteroatoms. The summed E-state index contributed by atoms with van der Waals surface area (Å²) in [7, 11) is 1.44. The first-order chi connectivity index (χ1) is 12.5. The molecule has 0 spiro atoms. The second-order valence-corrected chi connectivity index (χ2v) is 5.13. The van der Waals surface area contributed by atoms with E-state index in [1.54, 1.807) is 25.1 Å². The number of hydrogen-bond acceptors (Lipinski definition) is 8. The molecule has 0 aliphatic carbocycles. The molecule has 0 saturated heterocycles. The molecule has 2 rings (SSSR count). The third kappa shape index (κ3) is 5.65. The summed E-state index contributed by atoms with van der Waals surface area (Å²) in [5.74, 6) is -0.453. The molecular weight excluding hydrogens is 346 g/mol. The monoisotopic (exact) mass is 365 g/mol. The van der Waals surface area contributed by atoms with Crippen LogP contribution in [0.15, 0.2) is 23.4 Å². The highest BCUT2D eigenvalue weighted by Gasteiger charge is 2.14. The number of ether oxygens (including phenoxy) is 3. The van der Waals surface area contributed by atoms with Gasteiger partial charge in [-0.05, 0) is 25.1 Å². The van der Waals surface area contributed by atoms with E-state index in [0.29, 0.717) is 17.2 Å². The maximum Gasteiger partial charge on any atom is 0.347 e. The Balaban J connectivity index is 1.71. The quantitative estimate of drug-likeness (QED) is 0.363. The molecule has 10 nitrogen and oxygen atoms in total. The van der Waals surface area contributed by atoms with Gasteiger partial charge in [-0.25, -0.2) is 4.79 Å². The lowest BCUT2D eigenvalue weighted by molar-refractivity contribution is -0.152. The average Bonchev–Trinajstić information content (AvgIpc) is 3.11. The van der Waals surface area contributed by atoms with E-state index in [1.807, 2.05) is 0 Å². The number of rotatable bonds is 8. The molecule has 0 radical (unpaired) electrons. The first kappa shape index (κ1) is 19.0. The van der Waals surface area contributed by atoms with Crippen LogP contribution in [0.4, 0.5) is 0 Å². The van der Waals surface area contributed by atoms with Gasteiger partial charge in [0.25, 0.3) is 5.91 Å². The number of carbonyl (C=O) groups is 3. The standard InChI is InChI=1S/C16H19N3O7/c1-10(11-3-4-12-13(5-11)25-9-24-12)19-26-8-16(22)23-7-15(21)18-6-14(20)17-2/h3-5H,6-9H2,1-2H3,(H,17,20)(H,18,21)/b19-10-. The van der Waals surface area contributed by atoms with E-state index in [1.165, 1.54) is 7.05 Å². The number of fused-ring (bicyclic) bond motifs is 1. The van der Waals surface area contributed by atoms with Crippen molar-refractivity contribution < 1.29 is 33.4 Å². The number of hydrogen-bond donors (Lipinski definition) is 2. The maximum atomic E-state index is 11.5. The largest absolute Gasteiger partial charge is 0.454 e. The zero-order chi connectivity index (χ0) is 18.9. The molecule has 0 saturated carbocycles. The van der Waals surface area contributed by atoms with Crippen LogP contribution < -0.4 is 20.1 Å². The highest BCUT2D eigenvalue weighted by Crippen LogP contribution is 2.32. The van der Waals surface area contributed by atoms with Crippen molar-refractivity contribution in [3.63, 3.8) is 0 Å². The van der Waals surface area contributed by atoms with Crippen LogP contribution in [-0.4, -0.2) is 57.1 Å². The van der Waals surface area contributed by atoms with Gasteiger partial charge in [0.15, 0.2) is 18.1 Å². The van der Waals surface area contributed by atoms with Crippen LogP contribution in [0.1, 0.15) is 12.5 Å². The smallest absolute Gasteiger partial charge is 0.347 e. The van der Waals surface area contributed by atoms with Crippen molar-refractivity contribution in [2.75, 3.05) is 33.6 Å². The van der Waals surface area contributed by atoms with Crippen LogP contribution in [0.2, 0.25) is 0 Å². The Morgan fingerprint density at radius 3 is 2.69 bits per heavy atom. The van der Waals surface area contributed by atoms with E-state index < -0.39 is 25.1 Å². The van der Waals surface area contributed by atoms with Gasteiger partial charge in [-0.3, -0.25) is 9.59 Å². The first-order valence-corrected chi connectivity index (χ1v) is 7.69. The van der Waals surface area contributed by atoms with Crippen LogP contribution in [-0.2, 0) is 24.0 Å². The summed E-state index contributed by atoms with van der Waals surface area (Å²) in [6.45, 7) is 0.722. The first-order valence-electron chi connectivity index (χ1n) is 7.69. The molecule has 140 valence electrons. The minimum atomic E-state index is -0.762. The number of carbonyl (C=O) groups excluding carboxylic acids is 3. The minimum Gasteiger partial charge on any atom is -0.454 e. The molecule has 0 atom stereocenters. The SMILES string of the molecule is CNC(=O)CNC(=O)COC(=O)CO/N=C(/C)c1ccc2c(c1)OCO2. The fourth-order valence-corrected chi connectivity index (χ4v) is 1.86. The Morgan fingerprint density at radius 2 is 1.92 bits per heavy atom. The number of esters is 1. The summed E-state index contributed by atoms with van der Waals surface area (Å²) in [6.07, 6.45) is 0. The lowest BCUT2D eigenvalue weighted by Crippen LogP contribution is -2.37. The number of benzene rings is 1. The molecule has 0 aromatic heterocycles. The van der Waals surface area contributed by atoms with Gasteiger partial charge >= 0.3 is 5.97 Å². The number of nitrogens with one attached hydrogen (secondary N) is 2. The van der Waals surface area contributed by atoms with Crippen LogP contribution in [0, 0.1) is 0 Å². The van der Waals surface area contributed by atoms with Crippen molar-refractivity contribution in [3.05, 3.63) is 23.8 Å². The third-order valence-electron chi connectivity index (χ3n) is 3.26. The van der Waals surface area contributed by atoms with E-state index in [2.05, 4.69) is 15.8 Å². The summed E-state index contributed by atoms with van der Waals surface area (Å²) in [5.41, 5.74) is 1.27. The second-order valence-electron chi connectivity index (χ2n) is 5.13. The second kappa shape index (κ2) is 9.25. The highest BCUT2D eigenvalue weighted by molar-refractivity contribution is 5.99. The van der Waals surface area contributed by atoms with Crippen LogP contribution in [0.25, 0.3) is 0 Å². The average molecular weight is 365 g/mol. The van der Waals surface area contributed by atoms with Crippen molar-refractivity contribution in [2.24, 2.45) is 5.16 Å². The number of likely N-dealkylation sites (N-methyl/N-ethyl adjacent to an activating group) is 1. The van der Waals surface area contributed by atoms with E-state index >= 15 is 0 Å². The maximum absolute atomic E-state index is 11.5. The van der Waals surface area contributed by atoms with Gasteiger partial charge in [0.2, 0.25) is 19.3 Å². The normalized spacial score (nSPS) is 12.3. The van der Waals surface area contributed by atoms with Gasteiger partial charge < -0.3 is 29.7 Å². The van der Waals surface area contributed by atoms with Crippen molar-refractivity contribution in [2.45, 2.75) is 6.92 Å². The molecular formula is C16H19N3O7. The van der Waals surface area contributed by atoms with Crippen LogP contribution in [0.3, 0.4) is 0 Å². The minimum absolute atomic E-state index is 0.175. The Labute approximate surface area is 149 Å². The van der Waals surface area contributed by atoms with E-state index in [-0.39, 0.29) is 19.2 Å². The molecule has 0 unspecified atom stereocenters. The molecule has 1 heterocycles. The van der Waals surface area contributed by atoms with Crippen molar-refractivity contribution in [3.8, 4) is 11.5 Å². The number of nitrogens with zero attached hydrogens (tertiary/aromatic N) is 1. The topological polar surface area (TPSA) is 125 Å². The molecule has 1 aromatic rings. The summed E-state index contributed by atoms with van der Waals surface area (Å²) >= 11 is 0. The molecule has 1 aliphatic heterocycles. The number of amides is 2. The molecule has 1 aliphatic rings. The summed E-state index contributed by atoms with van der Waals surface area (Å²) in [4.78, 5) is 38.8. The Hall–Kier alpha value is -3.30. The lowest BCUT2D eigenvalue weighted by atomic mass is 10.1. The highest BCUT2D eigenvalue weighted by atomic mass is 16.7. The van der Waals surface area contributed by atoms with Gasteiger partial charge in [0.1, 0.15) is 0 Å². The van der Waals surface area contributed by atoms with Gasteiger partial charge in [0, 0.05) is 12.6 Å². The van der Waals surface area contributed by atoms with E-state index in [4.69, 9.17) is 19.0 Å². The van der Waals surface area contributed by atoms with Gasteiger partial charge in [0.05, 0.1) is 12.3 Å². The zero-order valence-electron chi connectivity index (χ0n) is 14.4. The van der Waals surface area contributed by atoms with Gasteiger partial charge in [-0.15, -0.1) is 0 Å². The van der Waals surface area contributed by atoms with Crippen LogP contribution in [0.5, 0.6) is 11.5 Å². The zero-order valence-corrected chi connectivity index (χ0v) is 14.4. The number of oxime groups is 1. The summed E-state index contributed by atoms with van der Waals surface area (Å²) in [6, 6.07) is 5.28. The van der Waals surface area contributed by atoms with Crippen molar-refractivity contribution in [1.82, 2.24) is 10.6 Å². The Bertz CT molecular complexity index is 718. The molecule has 0 fully saturated rings. The van der Waals surface area contributed by atoms with Crippen molar-refractivity contribution >= 4 is 23.5 Å². The molecule has 1 aromatic carbocycles. The molecule has 2 N–H and O–H groups in total. The Kier molecular flexibility index (Phi) is 6.77. The molecule has 26 heavy (non-hydrogen) atoms. The Morgan fingerprint density at radius 1 is 1.15 bits per heavy atom. The third-order valence-corrected chi connectivity index (χ3v) is 3.26.